The fourth-order valence-corrected chi connectivity index (χ4v) is 1.17. The molecule has 0 bridgehead atoms. The van der Waals surface area contributed by atoms with Gasteiger partial charge in [0, 0.05) is 13.2 Å². The van der Waals surface area contributed by atoms with E-state index in [2.05, 4.69) is 5.32 Å². The minimum atomic E-state index is 0.415. The summed E-state index contributed by atoms with van der Waals surface area (Å²) in [5, 5.41) is 3.33. The van der Waals surface area contributed by atoms with Crippen LogP contribution in [0.1, 0.15) is 12.8 Å². The van der Waals surface area contributed by atoms with Crippen LogP contribution >= 0.6 is 0 Å². The molecule has 1 aliphatic heterocycles. The second-order valence-corrected chi connectivity index (χ2v) is 2.57. The summed E-state index contributed by atoms with van der Waals surface area (Å²) in [6.45, 7) is 2.34. The van der Waals surface area contributed by atoms with E-state index in [1.165, 1.54) is 12.8 Å². The summed E-state index contributed by atoms with van der Waals surface area (Å²) in [4.78, 5) is 0. The number of hydrogen-bond donors (Lipinski definition) is 1. The largest absolute Gasteiger partial charge is 0.359 e. The third kappa shape index (κ3) is 2.64. The van der Waals surface area contributed by atoms with E-state index >= 15 is 0 Å². The Bertz CT molecular complexity index is 81.7. The van der Waals surface area contributed by atoms with Crippen LogP contribution in [0.2, 0.25) is 0 Å². The molecule has 60 valence electrons. The molecular weight excluding hydrogens is 130 g/mol. The van der Waals surface area contributed by atoms with E-state index in [1.807, 2.05) is 0 Å². The molecule has 0 saturated carbocycles. The van der Waals surface area contributed by atoms with Crippen LogP contribution in [0, 0.1) is 0 Å². The Morgan fingerprint density at radius 3 is 3.10 bits per heavy atom. The maximum atomic E-state index is 5.18. The third-order valence-electron chi connectivity index (χ3n) is 1.68. The summed E-state index contributed by atoms with van der Waals surface area (Å²) in [5.41, 5.74) is 0. The van der Waals surface area contributed by atoms with Gasteiger partial charge in [-0.05, 0) is 19.4 Å². The average Bonchev–Trinajstić information content (AvgIpc) is 2.41. The summed E-state index contributed by atoms with van der Waals surface area (Å²) in [5.74, 6) is 0. The minimum absolute atomic E-state index is 0.415. The molecule has 0 aromatic rings. The van der Waals surface area contributed by atoms with Gasteiger partial charge in [-0.25, -0.2) is 0 Å². The van der Waals surface area contributed by atoms with Crippen molar-refractivity contribution in [1.29, 1.82) is 0 Å². The molecule has 1 N–H and O–H groups in total. The van der Waals surface area contributed by atoms with E-state index < -0.39 is 0 Å². The van der Waals surface area contributed by atoms with Crippen LogP contribution in [0.25, 0.3) is 0 Å². The van der Waals surface area contributed by atoms with Crippen molar-refractivity contribution in [1.82, 2.24) is 5.32 Å². The van der Waals surface area contributed by atoms with Crippen LogP contribution < -0.4 is 5.32 Å². The molecule has 0 aromatic heterocycles. The smallest absolute Gasteiger partial charge is 0.146 e. The summed E-state index contributed by atoms with van der Waals surface area (Å²) < 4.78 is 9.93. The average molecular weight is 145 g/mol. The highest BCUT2D eigenvalue weighted by Crippen LogP contribution is 2.04. The van der Waals surface area contributed by atoms with Gasteiger partial charge in [0.2, 0.25) is 0 Å². The normalized spacial score (nSPS) is 25.5. The number of ether oxygens (including phenoxy) is 2. The number of nitrogens with one attached hydrogen (secondary N) is 1. The van der Waals surface area contributed by atoms with Gasteiger partial charge in [-0.3, -0.25) is 0 Å². The van der Waals surface area contributed by atoms with Crippen molar-refractivity contribution < 1.29 is 9.47 Å². The zero-order valence-electron chi connectivity index (χ0n) is 6.43. The van der Waals surface area contributed by atoms with Gasteiger partial charge in [0.1, 0.15) is 6.79 Å². The monoisotopic (exact) mass is 145 g/mol. The van der Waals surface area contributed by atoms with Gasteiger partial charge in [0.05, 0.1) is 6.61 Å². The Kier molecular flexibility index (Phi) is 3.72. The fraction of sp³-hybridized carbons (Fsp3) is 1.00. The van der Waals surface area contributed by atoms with Crippen LogP contribution in [0.15, 0.2) is 0 Å². The quantitative estimate of drug-likeness (QED) is 0.457. The second kappa shape index (κ2) is 4.66. The van der Waals surface area contributed by atoms with Gasteiger partial charge in [0.15, 0.2) is 0 Å². The predicted molar refractivity (Wildman–Crippen MR) is 38.9 cm³/mol. The molecule has 0 aromatic carbocycles. The lowest BCUT2D eigenvalue weighted by Crippen LogP contribution is -2.27. The van der Waals surface area contributed by atoms with E-state index in [4.69, 9.17) is 9.47 Å². The zero-order valence-corrected chi connectivity index (χ0v) is 6.43. The first-order valence-corrected chi connectivity index (χ1v) is 3.73. The van der Waals surface area contributed by atoms with Gasteiger partial charge < -0.3 is 14.8 Å². The first-order valence-electron chi connectivity index (χ1n) is 3.73. The van der Waals surface area contributed by atoms with Gasteiger partial charge in [-0.15, -0.1) is 0 Å². The molecule has 1 atom stereocenters. The molecule has 3 heteroatoms. The van der Waals surface area contributed by atoms with Gasteiger partial charge in [0.25, 0.3) is 0 Å². The van der Waals surface area contributed by atoms with Crippen molar-refractivity contribution in [2.24, 2.45) is 0 Å². The first-order chi connectivity index (χ1) is 4.93. The topological polar surface area (TPSA) is 30.5 Å². The Hall–Kier alpha value is -0.120. The SMILES string of the molecule is COCOCC1CCCN1. The summed E-state index contributed by atoms with van der Waals surface area (Å²) in [7, 11) is 1.64. The van der Waals surface area contributed by atoms with Crippen molar-refractivity contribution in [3.05, 3.63) is 0 Å². The van der Waals surface area contributed by atoms with Crippen LogP contribution in [-0.4, -0.2) is 33.1 Å². The van der Waals surface area contributed by atoms with Crippen molar-refractivity contribution >= 4 is 0 Å². The van der Waals surface area contributed by atoms with Gasteiger partial charge >= 0.3 is 0 Å². The highest BCUT2D eigenvalue weighted by molar-refractivity contribution is 4.72. The Labute approximate surface area is 61.7 Å². The molecule has 1 unspecified atom stereocenters. The molecule has 1 saturated heterocycles. The molecule has 1 aliphatic rings. The second-order valence-electron chi connectivity index (χ2n) is 2.57. The first kappa shape index (κ1) is 7.98. The lowest BCUT2D eigenvalue weighted by Gasteiger charge is -2.09. The molecule has 0 spiro atoms. The zero-order chi connectivity index (χ0) is 7.23. The van der Waals surface area contributed by atoms with E-state index in [1.54, 1.807) is 7.11 Å². The number of methoxy groups -OCH3 is 1. The van der Waals surface area contributed by atoms with Crippen molar-refractivity contribution in [2.45, 2.75) is 18.9 Å². The molecule has 0 aliphatic carbocycles. The maximum absolute atomic E-state index is 5.18. The van der Waals surface area contributed by atoms with Crippen molar-refractivity contribution in [3.63, 3.8) is 0 Å². The van der Waals surface area contributed by atoms with Crippen LogP contribution in [-0.2, 0) is 9.47 Å². The van der Waals surface area contributed by atoms with E-state index in [-0.39, 0.29) is 0 Å². The lowest BCUT2D eigenvalue weighted by atomic mass is 10.2. The minimum Gasteiger partial charge on any atom is -0.359 e. The van der Waals surface area contributed by atoms with E-state index in [0.717, 1.165) is 13.2 Å². The van der Waals surface area contributed by atoms with E-state index in [0.29, 0.717) is 12.8 Å². The van der Waals surface area contributed by atoms with Crippen LogP contribution in [0.4, 0.5) is 0 Å². The van der Waals surface area contributed by atoms with Crippen molar-refractivity contribution in [3.8, 4) is 0 Å². The van der Waals surface area contributed by atoms with Gasteiger partial charge in [-0.1, -0.05) is 0 Å². The molecule has 3 nitrogen and oxygen atoms in total. The highest BCUT2D eigenvalue weighted by atomic mass is 16.7. The number of rotatable bonds is 4. The fourth-order valence-electron chi connectivity index (χ4n) is 1.17. The summed E-state index contributed by atoms with van der Waals surface area (Å²) in [6.07, 6.45) is 2.52. The molecule has 10 heavy (non-hydrogen) atoms. The number of hydrogen-bond acceptors (Lipinski definition) is 3. The van der Waals surface area contributed by atoms with Crippen LogP contribution in [0.3, 0.4) is 0 Å². The molecule has 0 amide bonds. The van der Waals surface area contributed by atoms with Gasteiger partial charge in [-0.2, -0.15) is 0 Å². The molecular formula is C7H15NO2. The lowest BCUT2D eigenvalue weighted by molar-refractivity contribution is -0.0364. The van der Waals surface area contributed by atoms with E-state index in [9.17, 15) is 0 Å². The third-order valence-corrected chi connectivity index (χ3v) is 1.68. The molecule has 0 radical (unpaired) electrons. The molecule has 1 rings (SSSR count). The Morgan fingerprint density at radius 2 is 2.50 bits per heavy atom. The van der Waals surface area contributed by atoms with Crippen molar-refractivity contribution in [2.75, 3.05) is 27.1 Å². The summed E-state index contributed by atoms with van der Waals surface area (Å²) in [6, 6.07) is 0.565. The Morgan fingerprint density at radius 1 is 1.60 bits per heavy atom. The highest BCUT2D eigenvalue weighted by Gasteiger charge is 2.12. The molecule has 1 heterocycles. The Balaban J connectivity index is 1.91. The maximum Gasteiger partial charge on any atom is 0.146 e. The predicted octanol–water partition coefficient (Wildman–Crippen LogP) is 0.359. The molecule has 1 fully saturated rings. The summed E-state index contributed by atoms with van der Waals surface area (Å²) >= 11 is 0. The standard InChI is InChI=1S/C7H15NO2/c1-9-6-10-5-7-3-2-4-8-7/h7-8H,2-6H2,1H3. The van der Waals surface area contributed by atoms with Crippen LogP contribution in [0.5, 0.6) is 0 Å².